The number of hydrazone groups is 1. The first-order valence-corrected chi connectivity index (χ1v) is 10.6. The molecule has 0 saturated carbocycles. The maximum atomic E-state index is 12.3. The summed E-state index contributed by atoms with van der Waals surface area (Å²) >= 11 is 5.24. The van der Waals surface area contributed by atoms with E-state index in [1.54, 1.807) is 12.1 Å². The van der Waals surface area contributed by atoms with E-state index in [2.05, 4.69) is 25.5 Å². The van der Waals surface area contributed by atoms with Gasteiger partial charge < -0.3 is 14.8 Å². The molecule has 2 unspecified atom stereocenters. The van der Waals surface area contributed by atoms with Crippen molar-refractivity contribution in [2.24, 2.45) is 5.10 Å². The molecule has 166 valence electrons. The molecule has 2 aliphatic rings. The normalized spacial score (nSPS) is 22.9. The fourth-order valence-electron chi connectivity index (χ4n) is 3.65. The fourth-order valence-corrected chi connectivity index (χ4v) is 3.78. The number of halogens is 3. The second-order valence-corrected chi connectivity index (χ2v) is 7.87. The third-order valence-electron chi connectivity index (χ3n) is 5.13. The predicted octanol–water partition coefficient (Wildman–Crippen LogP) is 3.57. The van der Waals surface area contributed by atoms with Crippen molar-refractivity contribution in [1.29, 1.82) is 0 Å². The van der Waals surface area contributed by atoms with Crippen LogP contribution in [0.4, 0.5) is 13.2 Å². The van der Waals surface area contributed by atoms with Crippen LogP contribution in [0.25, 0.3) is 0 Å². The lowest BCUT2D eigenvalue weighted by Gasteiger charge is -2.33. The van der Waals surface area contributed by atoms with E-state index in [0.29, 0.717) is 18.2 Å². The van der Waals surface area contributed by atoms with Crippen molar-refractivity contribution in [3.8, 4) is 5.75 Å². The van der Waals surface area contributed by atoms with Gasteiger partial charge >= 0.3 is 6.36 Å². The van der Waals surface area contributed by atoms with Crippen LogP contribution in [0.1, 0.15) is 37.7 Å². The van der Waals surface area contributed by atoms with Crippen LogP contribution in [0.3, 0.4) is 0 Å². The number of piperidine rings is 1. The van der Waals surface area contributed by atoms with E-state index in [1.165, 1.54) is 12.1 Å². The largest absolute Gasteiger partial charge is 0.573 e. The molecule has 2 saturated heterocycles. The standard InChI is InChI=1S/C20H27F3N4O2S/c21-20(22,23)29-17-8-6-15(7-9-17)14-27-10-2-1-4-16(27)12-25-26-19(30)24-13-18-5-3-11-28-18/h6-9,12,16,18H,1-5,10-11,13-14H2,(H2,24,26,30). The van der Waals surface area contributed by atoms with Crippen LogP contribution in [-0.2, 0) is 11.3 Å². The maximum absolute atomic E-state index is 12.3. The van der Waals surface area contributed by atoms with Gasteiger partial charge in [0.2, 0.25) is 0 Å². The highest BCUT2D eigenvalue weighted by atomic mass is 32.1. The van der Waals surface area contributed by atoms with Gasteiger partial charge in [0.1, 0.15) is 5.75 Å². The topological polar surface area (TPSA) is 58.1 Å². The summed E-state index contributed by atoms with van der Waals surface area (Å²) in [5, 5.41) is 7.85. The Labute approximate surface area is 179 Å². The zero-order valence-electron chi connectivity index (χ0n) is 16.7. The van der Waals surface area contributed by atoms with Crippen molar-refractivity contribution in [3.05, 3.63) is 29.8 Å². The molecule has 2 aliphatic heterocycles. The molecule has 3 rings (SSSR count). The SMILES string of the molecule is FC(F)(F)Oc1ccc(CN2CCCCC2C=NNC(=S)NCC2CCCO2)cc1. The molecule has 0 aromatic heterocycles. The minimum Gasteiger partial charge on any atom is -0.406 e. The van der Waals surface area contributed by atoms with Crippen LogP contribution in [-0.4, -0.2) is 54.4 Å². The molecule has 30 heavy (non-hydrogen) atoms. The van der Waals surface area contributed by atoms with Gasteiger partial charge in [-0.25, -0.2) is 0 Å². The number of ether oxygens (including phenoxy) is 2. The Kier molecular flexibility index (Phi) is 8.29. The second-order valence-electron chi connectivity index (χ2n) is 7.46. The number of benzene rings is 1. The summed E-state index contributed by atoms with van der Waals surface area (Å²) in [5.74, 6) is -0.212. The lowest BCUT2D eigenvalue weighted by atomic mass is 10.0. The Morgan fingerprint density at radius 1 is 1.23 bits per heavy atom. The van der Waals surface area contributed by atoms with E-state index in [-0.39, 0.29) is 17.9 Å². The van der Waals surface area contributed by atoms with E-state index in [4.69, 9.17) is 17.0 Å². The van der Waals surface area contributed by atoms with E-state index in [0.717, 1.165) is 50.8 Å². The summed E-state index contributed by atoms with van der Waals surface area (Å²) in [7, 11) is 0. The van der Waals surface area contributed by atoms with Crippen LogP contribution in [0.15, 0.2) is 29.4 Å². The van der Waals surface area contributed by atoms with E-state index >= 15 is 0 Å². The molecular formula is C20H27F3N4O2S. The summed E-state index contributed by atoms with van der Waals surface area (Å²) in [4.78, 5) is 2.26. The zero-order valence-corrected chi connectivity index (χ0v) is 17.5. The van der Waals surface area contributed by atoms with Crippen molar-refractivity contribution < 1.29 is 22.6 Å². The van der Waals surface area contributed by atoms with Gasteiger partial charge in [-0.05, 0) is 62.1 Å². The second kappa shape index (κ2) is 10.9. The predicted molar refractivity (Wildman–Crippen MR) is 112 cm³/mol. The number of rotatable bonds is 7. The summed E-state index contributed by atoms with van der Waals surface area (Å²) in [5.41, 5.74) is 3.77. The molecule has 0 aliphatic carbocycles. The number of nitrogens with one attached hydrogen (secondary N) is 2. The average Bonchev–Trinajstić information content (AvgIpc) is 3.22. The highest BCUT2D eigenvalue weighted by Gasteiger charge is 2.31. The molecule has 6 nitrogen and oxygen atoms in total. The van der Waals surface area contributed by atoms with Crippen LogP contribution in [0.2, 0.25) is 0 Å². The molecule has 10 heteroatoms. The minimum atomic E-state index is -4.68. The first kappa shape index (κ1) is 22.8. The number of hydrogen-bond acceptors (Lipinski definition) is 5. The van der Waals surface area contributed by atoms with Crippen LogP contribution in [0, 0.1) is 0 Å². The molecule has 0 radical (unpaired) electrons. The Hall–Kier alpha value is -1.91. The number of thiocarbonyl (C=S) groups is 1. The van der Waals surface area contributed by atoms with E-state index in [1.807, 2.05) is 6.21 Å². The number of nitrogens with zero attached hydrogens (tertiary/aromatic N) is 2. The van der Waals surface area contributed by atoms with E-state index in [9.17, 15) is 13.2 Å². The third-order valence-corrected chi connectivity index (χ3v) is 5.37. The van der Waals surface area contributed by atoms with Crippen molar-refractivity contribution >= 4 is 23.5 Å². The number of hydrogen-bond donors (Lipinski definition) is 2. The third kappa shape index (κ3) is 7.73. The molecule has 2 N–H and O–H groups in total. The molecule has 2 atom stereocenters. The van der Waals surface area contributed by atoms with Crippen molar-refractivity contribution in [3.63, 3.8) is 0 Å². The lowest BCUT2D eigenvalue weighted by Crippen LogP contribution is -2.41. The van der Waals surface area contributed by atoms with Gasteiger partial charge in [0, 0.05) is 32.0 Å². The summed E-state index contributed by atoms with van der Waals surface area (Å²) in [6, 6.07) is 6.14. The summed E-state index contributed by atoms with van der Waals surface area (Å²) in [6.07, 6.45) is 2.65. The maximum Gasteiger partial charge on any atom is 0.573 e. The van der Waals surface area contributed by atoms with E-state index < -0.39 is 6.36 Å². The molecule has 2 heterocycles. The Morgan fingerprint density at radius 3 is 2.73 bits per heavy atom. The van der Waals surface area contributed by atoms with Crippen LogP contribution in [0.5, 0.6) is 5.75 Å². The average molecular weight is 445 g/mol. The Balaban J connectivity index is 1.46. The highest BCUT2D eigenvalue weighted by Crippen LogP contribution is 2.24. The van der Waals surface area contributed by atoms with Crippen molar-refractivity contribution in [1.82, 2.24) is 15.6 Å². The summed E-state index contributed by atoms with van der Waals surface area (Å²) in [6.45, 7) is 3.01. The molecule has 2 fully saturated rings. The first-order chi connectivity index (χ1) is 14.4. The van der Waals surface area contributed by atoms with Gasteiger partial charge in [-0.15, -0.1) is 13.2 Å². The first-order valence-electron chi connectivity index (χ1n) is 10.2. The molecule has 0 amide bonds. The number of likely N-dealkylation sites (tertiary alicyclic amines) is 1. The van der Waals surface area contributed by atoms with Gasteiger partial charge in [-0.3, -0.25) is 10.3 Å². The van der Waals surface area contributed by atoms with Gasteiger partial charge in [-0.1, -0.05) is 18.6 Å². The molecule has 0 spiro atoms. The molecule has 1 aromatic carbocycles. The van der Waals surface area contributed by atoms with Crippen molar-refractivity contribution in [2.75, 3.05) is 19.7 Å². The quantitative estimate of drug-likeness (QED) is 0.381. The Morgan fingerprint density at radius 2 is 2.03 bits per heavy atom. The molecular weight excluding hydrogens is 417 g/mol. The fraction of sp³-hybridized carbons (Fsp3) is 0.600. The van der Waals surface area contributed by atoms with Gasteiger partial charge in [0.05, 0.1) is 6.10 Å². The minimum absolute atomic E-state index is 0.137. The van der Waals surface area contributed by atoms with Crippen molar-refractivity contribution in [2.45, 2.75) is 57.2 Å². The summed E-state index contributed by atoms with van der Waals surface area (Å²) < 4.78 is 46.4. The number of alkyl halides is 3. The zero-order chi connectivity index (χ0) is 21.4. The van der Waals surface area contributed by atoms with Gasteiger partial charge in [0.25, 0.3) is 0 Å². The van der Waals surface area contributed by atoms with Crippen LogP contribution >= 0.6 is 12.2 Å². The lowest BCUT2D eigenvalue weighted by molar-refractivity contribution is -0.274. The Bertz CT molecular complexity index is 709. The highest BCUT2D eigenvalue weighted by molar-refractivity contribution is 7.80. The molecule has 1 aromatic rings. The van der Waals surface area contributed by atoms with Gasteiger partial charge in [0.15, 0.2) is 5.11 Å². The van der Waals surface area contributed by atoms with Gasteiger partial charge in [-0.2, -0.15) is 5.10 Å². The van der Waals surface area contributed by atoms with Crippen LogP contribution < -0.4 is 15.5 Å². The monoisotopic (exact) mass is 444 g/mol. The smallest absolute Gasteiger partial charge is 0.406 e. The molecule has 0 bridgehead atoms.